The summed E-state index contributed by atoms with van der Waals surface area (Å²) < 4.78 is 1.31. The van der Waals surface area contributed by atoms with E-state index in [-0.39, 0.29) is 5.69 Å². The Balaban J connectivity index is 2.33. The van der Waals surface area contributed by atoms with Gasteiger partial charge in [-0.15, -0.1) is 0 Å². The maximum Gasteiger partial charge on any atom is 0.357 e. The third-order valence-corrected chi connectivity index (χ3v) is 4.10. The molecule has 0 aliphatic heterocycles. The standard InChI is InChI=1S/C18H17N3O3/c1-11-8-9-14(12(2)10-11)19-16-13-6-4-5-7-15(13)20(3)18(22)17(16)21(23)24/h4-10,19H,1-3H3. The summed E-state index contributed by atoms with van der Waals surface area (Å²) in [6.45, 7) is 3.90. The number of nitrogens with zero attached hydrogens (tertiary/aromatic N) is 2. The average molecular weight is 323 g/mol. The molecule has 0 bridgehead atoms. The number of benzene rings is 2. The summed E-state index contributed by atoms with van der Waals surface area (Å²) in [5.74, 6) is 0. The molecule has 1 heterocycles. The van der Waals surface area contributed by atoms with Crippen molar-refractivity contribution in [3.63, 3.8) is 0 Å². The summed E-state index contributed by atoms with van der Waals surface area (Å²) in [5.41, 5.74) is 2.57. The van der Waals surface area contributed by atoms with Crippen molar-refractivity contribution in [2.45, 2.75) is 13.8 Å². The Morgan fingerprint density at radius 1 is 1.12 bits per heavy atom. The van der Waals surface area contributed by atoms with Crippen LogP contribution in [0.2, 0.25) is 0 Å². The molecule has 1 N–H and O–H groups in total. The highest BCUT2D eigenvalue weighted by molar-refractivity contribution is 5.98. The van der Waals surface area contributed by atoms with Crippen LogP contribution in [0, 0.1) is 24.0 Å². The van der Waals surface area contributed by atoms with Crippen LogP contribution in [0.15, 0.2) is 47.3 Å². The molecule has 24 heavy (non-hydrogen) atoms. The summed E-state index contributed by atoms with van der Waals surface area (Å²) in [6, 6.07) is 12.9. The van der Waals surface area contributed by atoms with Gasteiger partial charge in [0.15, 0.2) is 0 Å². The average Bonchev–Trinajstić information content (AvgIpc) is 2.54. The highest BCUT2D eigenvalue weighted by atomic mass is 16.6. The molecule has 1 aromatic heterocycles. The van der Waals surface area contributed by atoms with Gasteiger partial charge in [0.25, 0.3) is 0 Å². The minimum Gasteiger partial charge on any atom is -0.349 e. The topological polar surface area (TPSA) is 77.2 Å². The zero-order valence-corrected chi connectivity index (χ0v) is 13.7. The van der Waals surface area contributed by atoms with Crippen molar-refractivity contribution >= 4 is 28.0 Å². The number of rotatable bonds is 3. The fraction of sp³-hybridized carbons (Fsp3) is 0.167. The van der Waals surface area contributed by atoms with Crippen molar-refractivity contribution in [3.8, 4) is 0 Å². The lowest BCUT2D eigenvalue weighted by Crippen LogP contribution is -2.22. The number of hydrogen-bond donors (Lipinski definition) is 1. The number of nitro groups is 1. The van der Waals surface area contributed by atoms with E-state index in [2.05, 4.69) is 5.32 Å². The van der Waals surface area contributed by atoms with Crippen LogP contribution >= 0.6 is 0 Å². The molecule has 0 aliphatic carbocycles. The number of aromatic nitrogens is 1. The number of hydrogen-bond acceptors (Lipinski definition) is 4. The maximum absolute atomic E-state index is 12.5. The van der Waals surface area contributed by atoms with Gasteiger partial charge in [-0.3, -0.25) is 14.9 Å². The van der Waals surface area contributed by atoms with Gasteiger partial charge in [0, 0.05) is 18.1 Å². The van der Waals surface area contributed by atoms with Crippen molar-refractivity contribution in [2.24, 2.45) is 7.05 Å². The summed E-state index contributed by atoms with van der Waals surface area (Å²) in [4.78, 5) is 23.4. The first-order chi connectivity index (χ1) is 11.4. The van der Waals surface area contributed by atoms with Crippen molar-refractivity contribution in [3.05, 3.63) is 74.1 Å². The monoisotopic (exact) mass is 323 g/mol. The predicted molar refractivity (Wildman–Crippen MR) is 95.0 cm³/mol. The third-order valence-electron chi connectivity index (χ3n) is 4.10. The zero-order chi connectivity index (χ0) is 17.4. The molecular weight excluding hydrogens is 306 g/mol. The molecule has 6 heteroatoms. The van der Waals surface area contributed by atoms with E-state index in [9.17, 15) is 14.9 Å². The molecule has 3 rings (SSSR count). The SMILES string of the molecule is Cc1ccc(Nc2c([N+](=O)[O-])c(=O)n(C)c3ccccc23)c(C)c1. The van der Waals surface area contributed by atoms with Crippen LogP contribution in [0.1, 0.15) is 11.1 Å². The third kappa shape index (κ3) is 2.52. The van der Waals surface area contributed by atoms with Gasteiger partial charge < -0.3 is 9.88 Å². The molecule has 0 saturated heterocycles. The van der Waals surface area contributed by atoms with Crippen molar-refractivity contribution in [1.29, 1.82) is 0 Å². The lowest BCUT2D eigenvalue weighted by atomic mass is 10.1. The molecule has 0 saturated carbocycles. The molecule has 3 aromatic rings. The first-order valence-corrected chi connectivity index (χ1v) is 7.50. The number of aryl methyl sites for hydroxylation is 3. The highest BCUT2D eigenvalue weighted by Crippen LogP contribution is 2.33. The summed E-state index contributed by atoms with van der Waals surface area (Å²) >= 11 is 0. The first-order valence-electron chi connectivity index (χ1n) is 7.50. The molecule has 0 aliphatic rings. The minimum atomic E-state index is -0.633. The van der Waals surface area contributed by atoms with Crippen LogP contribution in [0.5, 0.6) is 0 Å². The quantitative estimate of drug-likeness (QED) is 0.587. The van der Waals surface area contributed by atoms with Gasteiger partial charge in [-0.05, 0) is 31.5 Å². The Labute approximate surface area is 138 Å². The fourth-order valence-corrected chi connectivity index (χ4v) is 2.86. The van der Waals surface area contributed by atoms with Crippen LogP contribution in [0.25, 0.3) is 10.9 Å². The number of nitrogens with one attached hydrogen (secondary N) is 1. The van der Waals surface area contributed by atoms with Crippen LogP contribution in [0.4, 0.5) is 17.1 Å². The van der Waals surface area contributed by atoms with Crippen LogP contribution in [0.3, 0.4) is 0 Å². The van der Waals surface area contributed by atoms with E-state index in [0.717, 1.165) is 16.8 Å². The summed E-state index contributed by atoms with van der Waals surface area (Å²) in [7, 11) is 1.54. The molecule has 0 radical (unpaired) electrons. The van der Waals surface area contributed by atoms with Crippen LogP contribution in [-0.2, 0) is 7.05 Å². The van der Waals surface area contributed by atoms with Gasteiger partial charge in [0.2, 0.25) is 0 Å². The minimum absolute atomic E-state index is 0.227. The van der Waals surface area contributed by atoms with Gasteiger partial charge in [0.1, 0.15) is 5.69 Å². The lowest BCUT2D eigenvalue weighted by molar-refractivity contribution is -0.385. The van der Waals surface area contributed by atoms with E-state index in [4.69, 9.17) is 0 Å². The highest BCUT2D eigenvalue weighted by Gasteiger charge is 2.25. The van der Waals surface area contributed by atoms with E-state index in [0.29, 0.717) is 10.9 Å². The van der Waals surface area contributed by atoms with Gasteiger partial charge in [0.05, 0.1) is 10.4 Å². The van der Waals surface area contributed by atoms with E-state index in [1.807, 2.05) is 32.0 Å². The number of pyridine rings is 1. The molecular formula is C18H17N3O3. The molecule has 0 amide bonds. The van der Waals surface area contributed by atoms with Crippen LogP contribution < -0.4 is 10.9 Å². The molecule has 0 unspecified atom stereocenters. The maximum atomic E-state index is 12.5. The second kappa shape index (κ2) is 5.81. The Hall–Kier alpha value is -3.15. The predicted octanol–water partition coefficient (Wildman–Crippen LogP) is 3.81. The van der Waals surface area contributed by atoms with E-state index >= 15 is 0 Å². The second-order valence-corrected chi connectivity index (χ2v) is 5.81. The van der Waals surface area contributed by atoms with Crippen molar-refractivity contribution in [1.82, 2.24) is 4.57 Å². The van der Waals surface area contributed by atoms with Gasteiger partial charge >= 0.3 is 11.2 Å². The van der Waals surface area contributed by atoms with Gasteiger partial charge in [-0.1, -0.05) is 35.9 Å². The Morgan fingerprint density at radius 2 is 1.83 bits per heavy atom. The molecule has 0 fully saturated rings. The van der Waals surface area contributed by atoms with Crippen LogP contribution in [-0.4, -0.2) is 9.49 Å². The van der Waals surface area contributed by atoms with Gasteiger partial charge in [-0.25, -0.2) is 0 Å². The number of fused-ring (bicyclic) bond motifs is 1. The number of anilines is 2. The molecule has 122 valence electrons. The smallest absolute Gasteiger partial charge is 0.349 e. The Kier molecular flexibility index (Phi) is 3.81. The zero-order valence-electron chi connectivity index (χ0n) is 13.7. The number of para-hydroxylation sites is 1. The first kappa shape index (κ1) is 15.7. The molecule has 6 nitrogen and oxygen atoms in total. The molecule has 2 aromatic carbocycles. The van der Waals surface area contributed by atoms with E-state index < -0.39 is 16.2 Å². The van der Waals surface area contributed by atoms with Crippen molar-refractivity contribution in [2.75, 3.05) is 5.32 Å². The van der Waals surface area contributed by atoms with E-state index in [1.54, 1.807) is 31.3 Å². The normalized spacial score (nSPS) is 10.8. The molecule has 0 atom stereocenters. The largest absolute Gasteiger partial charge is 0.357 e. The van der Waals surface area contributed by atoms with Crippen molar-refractivity contribution < 1.29 is 4.92 Å². The Morgan fingerprint density at radius 3 is 2.50 bits per heavy atom. The summed E-state index contributed by atoms with van der Waals surface area (Å²) in [6.07, 6.45) is 0. The Bertz CT molecular complexity index is 1020. The summed E-state index contributed by atoms with van der Waals surface area (Å²) in [5, 5.41) is 15.3. The van der Waals surface area contributed by atoms with E-state index in [1.165, 1.54) is 4.57 Å². The van der Waals surface area contributed by atoms with Gasteiger partial charge in [-0.2, -0.15) is 0 Å². The molecule has 0 spiro atoms. The second-order valence-electron chi connectivity index (χ2n) is 5.81. The fourth-order valence-electron chi connectivity index (χ4n) is 2.86. The lowest BCUT2D eigenvalue weighted by Gasteiger charge is -2.14.